The van der Waals surface area contributed by atoms with Gasteiger partial charge in [-0.3, -0.25) is 14.3 Å². The lowest BCUT2D eigenvalue weighted by Gasteiger charge is -2.25. The quantitative estimate of drug-likeness (QED) is 0.608. The van der Waals surface area contributed by atoms with Crippen LogP contribution in [0.15, 0.2) is 18.2 Å². The molecular weight excluding hydrogens is 259 g/mol. The van der Waals surface area contributed by atoms with Crippen molar-refractivity contribution < 1.29 is 13.5 Å². The molecule has 0 saturated heterocycles. The topological polar surface area (TPSA) is 63.5 Å². The Hall–Kier alpha value is -1.50. The molecule has 0 radical (unpaired) electrons. The van der Waals surface area contributed by atoms with E-state index in [2.05, 4.69) is 0 Å². The lowest BCUT2D eigenvalue weighted by molar-refractivity contribution is -0.386. The number of nitrogens with zero attached hydrogens (tertiary/aromatic N) is 2. The van der Waals surface area contributed by atoms with Crippen molar-refractivity contribution in [3.63, 3.8) is 0 Å². The van der Waals surface area contributed by atoms with Crippen LogP contribution in [0.4, 0.5) is 15.8 Å². The third-order valence-electron chi connectivity index (χ3n) is 2.67. The molecule has 7 heteroatoms. The van der Waals surface area contributed by atoms with Crippen LogP contribution in [-0.2, 0) is 10.8 Å². The number of nitro benzene ring substituents is 1. The molecule has 1 aromatic carbocycles. The number of anilines is 1. The van der Waals surface area contributed by atoms with E-state index in [1.807, 2.05) is 0 Å². The number of halogens is 1. The molecule has 1 rings (SSSR count). The summed E-state index contributed by atoms with van der Waals surface area (Å²) in [7, 11) is 0.606. The summed E-state index contributed by atoms with van der Waals surface area (Å²) in [5, 5.41) is 10.9. The minimum absolute atomic E-state index is 0.184. The van der Waals surface area contributed by atoms with Gasteiger partial charge in [0.15, 0.2) is 0 Å². The molecular formula is C11H15FN2O3S. The zero-order valence-electron chi connectivity index (χ0n) is 10.4. The number of rotatable bonds is 5. The second kappa shape index (κ2) is 5.90. The van der Waals surface area contributed by atoms with E-state index in [1.54, 1.807) is 25.1 Å². The molecule has 0 fully saturated rings. The zero-order chi connectivity index (χ0) is 13.9. The van der Waals surface area contributed by atoms with Crippen LogP contribution in [0, 0.1) is 15.9 Å². The molecule has 0 amide bonds. The summed E-state index contributed by atoms with van der Waals surface area (Å²) < 4.78 is 24.6. The van der Waals surface area contributed by atoms with E-state index < -0.39 is 27.2 Å². The molecule has 0 aromatic heterocycles. The predicted molar refractivity (Wildman–Crippen MR) is 69.9 cm³/mol. The van der Waals surface area contributed by atoms with Crippen molar-refractivity contribution >= 4 is 22.2 Å². The van der Waals surface area contributed by atoms with Crippen molar-refractivity contribution in [2.75, 3.05) is 24.0 Å². The number of para-hydroxylation sites is 1. The Morgan fingerprint density at radius 1 is 1.56 bits per heavy atom. The minimum atomic E-state index is -1.02. The molecule has 18 heavy (non-hydrogen) atoms. The second-order valence-corrected chi connectivity index (χ2v) is 5.54. The van der Waals surface area contributed by atoms with Gasteiger partial charge in [-0.1, -0.05) is 6.07 Å². The van der Waals surface area contributed by atoms with Gasteiger partial charge in [-0.05, 0) is 19.1 Å². The van der Waals surface area contributed by atoms with Crippen molar-refractivity contribution in [3.8, 4) is 0 Å². The molecule has 1 aromatic rings. The first kappa shape index (κ1) is 14.6. The summed E-state index contributed by atoms with van der Waals surface area (Å²) >= 11 is 0. The van der Waals surface area contributed by atoms with Crippen molar-refractivity contribution in [2.24, 2.45) is 0 Å². The molecule has 2 atom stereocenters. The Kier molecular flexibility index (Phi) is 4.77. The summed E-state index contributed by atoms with van der Waals surface area (Å²) in [4.78, 5) is 11.7. The van der Waals surface area contributed by atoms with Gasteiger partial charge < -0.3 is 4.90 Å². The number of nitro groups is 1. The van der Waals surface area contributed by atoms with Crippen LogP contribution in [0.2, 0.25) is 0 Å². The van der Waals surface area contributed by atoms with Crippen LogP contribution in [0.25, 0.3) is 0 Å². The standard InChI is InChI=1S/C11H15FN2O3S/c1-8(7-18(3)17)13(2)10-6-4-5-9(12)11(10)14(15)16/h4-6,8H,7H2,1-3H3/t8-,18-/m1/s1. The second-order valence-electron chi connectivity index (χ2n) is 4.06. The van der Waals surface area contributed by atoms with Gasteiger partial charge >= 0.3 is 5.69 Å². The van der Waals surface area contributed by atoms with Crippen molar-refractivity contribution in [3.05, 3.63) is 34.1 Å². The van der Waals surface area contributed by atoms with Gasteiger partial charge in [0.05, 0.1) is 4.92 Å². The first-order valence-electron chi connectivity index (χ1n) is 5.30. The molecule has 0 aliphatic rings. The first-order chi connectivity index (χ1) is 8.34. The lowest BCUT2D eigenvalue weighted by Crippen LogP contribution is -2.33. The molecule has 0 N–H and O–H groups in total. The van der Waals surface area contributed by atoms with Gasteiger partial charge in [-0.15, -0.1) is 0 Å². The Bertz CT molecular complexity index is 481. The fourth-order valence-corrected chi connectivity index (χ4v) is 2.56. The van der Waals surface area contributed by atoms with Gasteiger partial charge in [0.2, 0.25) is 5.82 Å². The lowest BCUT2D eigenvalue weighted by atomic mass is 10.2. The van der Waals surface area contributed by atoms with Crippen molar-refractivity contribution in [1.29, 1.82) is 0 Å². The highest BCUT2D eigenvalue weighted by Gasteiger charge is 2.24. The minimum Gasteiger partial charge on any atom is -0.365 e. The van der Waals surface area contributed by atoms with Crippen molar-refractivity contribution in [1.82, 2.24) is 0 Å². The molecule has 0 spiro atoms. The molecule has 100 valence electrons. The van der Waals surface area contributed by atoms with Gasteiger partial charge in [0, 0.05) is 35.9 Å². The Balaban J connectivity index is 3.12. The van der Waals surface area contributed by atoms with Gasteiger partial charge in [0.25, 0.3) is 0 Å². The Labute approximate surface area is 107 Å². The summed E-state index contributed by atoms with van der Waals surface area (Å²) in [6, 6.07) is 3.77. The monoisotopic (exact) mass is 274 g/mol. The molecule has 0 bridgehead atoms. The van der Waals surface area contributed by atoms with E-state index in [-0.39, 0.29) is 11.7 Å². The third-order valence-corrected chi connectivity index (χ3v) is 3.62. The van der Waals surface area contributed by atoms with Crippen LogP contribution in [0.1, 0.15) is 6.92 Å². The molecule has 0 unspecified atom stereocenters. The Morgan fingerprint density at radius 2 is 2.17 bits per heavy atom. The highest BCUT2D eigenvalue weighted by atomic mass is 32.2. The van der Waals surface area contributed by atoms with E-state index in [0.717, 1.165) is 6.07 Å². The highest BCUT2D eigenvalue weighted by molar-refractivity contribution is 7.84. The van der Waals surface area contributed by atoms with Gasteiger partial charge in [-0.25, -0.2) is 0 Å². The van der Waals surface area contributed by atoms with Gasteiger partial charge in [-0.2, -0.15) is 4.39 Å². The van der Waals surface area contributed by atoms with E-state index in [0.29, 0.717) is 5.75 Å². The summed E-state index contributed by atoms with van der Waals surface area (Å²) in [6.45, 7) is 1.79. The molecule has 0 heterocycles. The van der Waals surface area contributed by atoms with Gasteiger partial charge in [0.1, 0.15) is 5.69 Å². The summed E-state index contributed by atoms with van der Waals surface area (Å²) in [6.07, 6.45) is 1.56. The maximum Gasteiger partial charge on any atom is 0.327 e. The van der Waals surface area contributed by atoms with E-state index in [4.69, 9.17) is 0 Å². The molecule has 5 nitrogen and oxygen atoms in total. The van der Waals surface area contributed by atoms with E-state index >= 15 is 0 Å². The van der Waals surface area contributed by atoms with Crippen LogP contribution in [0.3, 0.4) is 0 Å². The predicted octanol–water partition coefficient (Wildman–Crippen LogP) is 1.94. The smallest absolute Gasteiger partial charge is 0.327 e. The fourth-order valence-electron chi connectivity index (χ4n) is 1.66. The van der Waals surface area contributed by atoms with Crippen LogP contribution in [0.5, 0.6) is 0 Å². The summed E-state index contributed by atoms with van der Waals surface area (Å²) in [5.41, 5.74) is -0.355. The van der Waals surface area contributed by atoms with Crippen LogP contribution >= 0.6 is 0 Å². The highest BCUT2D eigenvalue weighted by Crippen LogP contribution is 2.31. The molecule has 0 aliphatic heterocycles. The maximum absolute atomic E-state index is 13.5. The molecule has 0 aliphatic carbocycles. The van der Waals surface area contributed by atoms with Crippen LogP contribution < -0.4 is 4.90 Å². The normalized spacial score (nSPS) is 14.0. The average molecular weight is 274 g/mol. The average Bonchev–Trinajstić information content (AvgIpc) is 2.26. The first-order valence-corrected chi connectivity index (χ1v) is 7.03. The van der Waals surface area contributed by atoms with Crippen LogP contribution in [-0.4, -0.2) is 34.2 Å². The van der Waals surface area contributed by atoms with E-state index in [9.17, 15) is 18.7 Å². The van der Waals surface area contributed by atoms with Crippen molar-refractivity contribution in [2.45, 2.75) is 13.0 Å². The maximum atomic E-state index is 13.5. The SMILES string of the molecule is C[C@H](C[S@@](C)=O)N(C)c1cccc(F)c1[N+](=O)[O-]. The fraction of sp³-hybridized carbons (Fsp3) is 0.455. The number of hydrogen-bond acceptors (Lipinski definition) is 4. The third kappa shape index (κ3) is 3.25. The Morgan fingerprint density at radius 3 is 2.67 bits per heavy atom. The van der Waals surface area contributed by atoms with E-state index in [1.165, 1.54) is 12.1 Å². The number of hydrogen-bond donors (Lipinski definition) is 0. The number of benzene rings is 1. The zero-order valence-corrected chi connectivity index (χ0v) is 11.2. The summed E-state index contributed by atoms with van der Waals surface area (Å²) in [5.74, 6) is -0.501. The largest absolute Gasteiger partial charge is 0.365 e. The molecule has 0 saturated carbocycles.